The molecule has 2 aliphatic rings. The maximum atomic E-state index is 9.18. The van der Waals surface area contributed by atoms with E-state index in [9.17, 15) is 4.79 Å². The fraction of sp³-hybridized carbons (Fsp3) is 0.909. The number of hydrogen-bond acceptors (Lipinski definition) is 3. The first-order chi connectivity index (χ1) is 6.88. The Hall–Kier alpha value is -0.280. The summed E-state index contributed by atoms with van der Waals surface area (Å²) in [7, 11) is 0. The zero-order valence-corrected chi connectivity index (χ0v) is 10.2. The molecule has 2 rings (SSSR count). The molecule has 1 saturated heterocycles. The highest BCUT2D eigenvalue weighted by molar-refractivity contribution is 5.85. The summed E-state index contributed by atoms with van der Waals surface area (Å²) < 4.78 is 4.15. The highest BCUT2D eigenvalue weighted by Gasteiger charge is 2.31. The number of carbonyl (C=O) groups is 1. The Bertz CT molecular complexity index is 157. The summed E-state index contributed by atoms with van der Waals surface area (Å²) in [5, 5.41) is 3.46. The molecule has 1 atom stereocenters. The van der Waals surface area contributed by atoms with Crippen LogP contribution in [0.2, 0.25) is 0 Å². The van der Waals surface area contributed by atoms with Crippen molar-refractivity contribution in [3.63, 3.8) is 0 Å². The van der Waals surface area contributed by atoms with Gasteiger partial charge in [-0.1, -0.05) is 0 Å². The average molecular weight is 236 g/mol. The first-order valence-corrected chi connectivity index (χ1v) is 5.64. The van der Waals surface area contributed by atoms with Gasteiger partial charge in [0, 0.05) is 0 Å². The first-order valence-electron chi connectivity index (χ1n) is 5.64. The van der Waals surface area contributed by atoms with Gasteiger partial charge in [-0.05, 0) is 57.5 Å². The smallest absolute Gasteiger partial charge is 0.293 e. The maximum absolute atomic E-state index is 9.18. The number of carbonyl (C=O) groups excluding carboxylic acids is 1. The Morgan fingerprint density at radius 3 is 2.40 bits per heavy atom. The minimum absolute atomic E-state index is 0. The highest BCUT2D eigenvalue weighted by Crippen LogP contribution is 2.39. The molecular weight excluding hydrogens is 214 g/mol. The summed E-state index contributed by atoms with van der Waals surface area (Å²) >= 11 is 0. The lowest BCUT2D eigenvalue weighted by atomic mass is 9.95. The van der Waals surface area contributed by atoms with Gasteiger partial charge in [0.1, 0.15) is 0 Å². The van der Waals surface area contributed by atoms with Crippen molar-refractivity contribution >= 4 is 18.9 Å². The molecule has 90 valence electrons. The molecule has 0 bridgehead atoms. The van der Waals surface area contributed by atoms with Crippen LogP contribution < -0.4 is 5.32 Å². The van der Waals surface area contributed by atoms with E-state index < -0.39 is 0 Å². The van der Waals surface area contributed by atoms with Gasteiger partial charge in [-0.15, -0.1) is 12.4 Å². The Morgan fingerprint density at radius 1 is 1.33 bits per heavy atom. The molecule has 3 nitrogen and oxygen atoms in total. The molecule has 4 heteroatoms. The van der Waals surface area contributed by atoms with Gasteiger partial charge in [0.25, 0.3) is 6.47 Å². The number of ether oxygens (including phenoxy) is 1. The van der Waals surface area contributed by atoms with E-state index >= 15 is 0 Å². The van der Waals surface area contributed by atoms with Crippen molar-refractivity contribution < 1.29 is 9.53 Å². The summed E-state index contributed by atoms with van der Waals surface area (Å²) in [5.74, 6) is 2.18. The fourth-order valence-electron chi connectivity index (χ4n) is 1.92. The third-order valence-electron chi connectivity index (χ3n) is 2.86. The molecule has 1 aliphatic heterocycles. The number of hydrogen-bond donors (Lipinski definition) is 1. The van der Waals surface area contributed by atoms with Crippen molar-refractivity contribution in [3.8, 4) is 0 Å². The highest BCUT2D eigenvalue weighted by atomic mass is 35.5. The predicted molar refractivity (Wildman–Crippen MR) is 63.3 cm³/mol. The van der Waals surface area contributed by atoms with E-state index in [0.717, 1.165) is 11.8 Å². The van der Waals surface area contributed by atoms with Crippen LogP contribution in [0.3, 0.4) is 0 Å². The van der Waals surface area contributed by atoms with Gasteiger partial charge in [0.05, 0.1) is 6.61 Å². The average Bonchev–Trinajstić information content (AvgIpc) is 3.05. The lowest BCUT2D eigenvalue weighted by Crippen LogP contribution is -2.30. The van der Waals surface area contributed by atoms with E-state index in [1.807, 2.05) is 0 Å². The second-order valence-corrected chi connectivity index (χ2v) is 4.00. The number of halogens is 1. The predicted octanol–water partition coefficient (Wildman–Crippen LogP) is 2.00. The van der Waals surface area contributed by atoms with E-state index in [1.54, 1.807) is 6.92 Å². The lowest BCUT2D eigenvalue weighted by Gasteiger charge is -2.21. The van der Waals surface area contributed by atoms with Crippen LogP contribution in [0.5, 0.6) is 0 Å². The van der Waals surface area contributed by atoms with E-state index in [4.69, 9.17) is 0 Å². The quantitative estimate of drug-likeness (QED) is 0.761. The summed E-state index contributed by atoms with van der Waals surface area (Å²) in [4.78, 5) is 9.18. The van der Waals surface area contributed by atoms with Crippen molar-refractivity contribution in [3.05, 3.63) is 0 Å². The van der Waals surface area contributed by atoms with Gasteiger partial charge in [0.2, 0.25) is 0 Å². The molecule has 0 aromatic carbocycles. The van der Waals surface area contributed by atoms with Gasteiger partial charge >= 0.3 is 0 Å². The topological polar surface area (TPSA) is 38.3 Å². The number of piperidine rings is 1. The second kappa shape index (κ2) is 8.98. The molecular formula is C11H22ClNO2. The minimum atomic E-state index is 0. The molecule has 2 fully saturated rings. The Balaban J connectivity index is 0.000000289. The molecule has 0 aromatic heterocycles. The third-order valence-corrected chi connectivity index (χ3v) is 2.86. The van der Waals surface area contributed by atoms with Crippen LogP contribution >= 0.6 is 12.4 Å². The van der Waals surface area contributed by atoms with Crippen molar-refractivity contribution in [1.82, 2.24) is 5.32 Å². The Kier molecular flexibility index (Phi) is 8.82. The summed E-state index contributed by atoms with van der Waals surface area (Å²) in [6.07, 6.45) is 5.96. The molecule has 1 unspecified atom stereocenters. The van der Waals surface area contributed by atoms with E-state index in [1.165, 1.54) is 38.8 Å². The standard InChI is InChI=1S/C8H15N.C3H6O2.ClH/c1-2-8(6-9-5-1)7-3-4-7;1-2-5-3-4;/h7-9H,1-6H2;3H,2H2,1H3;1H. The molecule has 1 aliphatic carbocycles. The maximum Gasteiger partial charge on any atom is 0.293 e. The van der Waals surface area contributed by atoms with Crippen LogP contribution in [-0.4, -0.2) is 26.2 Å². The summed E-state index contributed by atoms with van der Waals surface area (Å²) in [6, 6.07) is 0. The largest absolute Gasteiger partial charge is 0.468 e. The zero-order chi connectivity index (χ0) is 10.2. The molecule has 1 N–H and O–H groups in total. The van der Waals surface area contributed by atoms with Crippen LogP contribution in [0.15, 0.2) is 0 Å². The normalized spacial score (nSPS) is 24.2. The van der Waals surface area contributed by atoms with Crippen LogP contribution in [0.1, 0.15) is 32.6 Å². The monoisotopic (exact) mass is 235 g/mol. The van der Waals surface area contributed by atoms with E-state index in [0.29, 0.717) is 13.1 Å². The number of rotatable bonds is 3. The Labute approximate surface area is 98.4 Å². The fourth-order valence-corrected chi connectivity index (χ4v) is 1.92. The minimum Gasteiger partial charge on any atom is -0.468 e. The number of nitrogens with one attached hydrogen (secondary N) is 1. The molecule has 0 amide bonds. The van der Waals surface area contributed by atoms with Crippen molar-refractivity contribution in [2.45, 2.75) is 32.6 Å². The second-order valence-electron chi connectivity index (χ2n) is 4.00. The van der Waals surface area contributed by atoms with Gasteiger partial charge in [-0.3, -0.25) is 4.79 Å². The zero-order valence-electron chi connectivity index (χ0n) is 9.41. The van der Waals surface area contributed by atoms with Gasteiger partial charge in [0.15, 0.2) is 0 Å². The van der Waals surface area contributed by atoms with Gasteiger partial charge in [-0.25, -0.2) is 0 Å². The molecule has 0 radical (unpaired) electrons. The SMILES string of the molecule is C1CNCC(C2CC2)C1.CCOC=O.Cl. The molecule has 0 aromatic rings. The van der Waals surface area contributed by atoms with Gasteiger partial charge in [-0.2, -0.15) is 0 Å². The van der Waals surface area contributed by atoms with Crippen molar-refractivity contribution in [2.75, 3.05) is 19.7 Å². The molecule has 0 spiro atoms. The van der Waals surface area contributed by atoms with E-state index in [-0.39, 0.29) is 12.4 Å². The Morgan fingerprint density at radius 2 is 2.07 bits per heavy atom. The van der Waals surface area contributed by atoms with Crippen molar-refractivity contribution in [1.29, 1.82) is 0 Å². The first kappa shape index (κ1) is 14.7. The van der Waals surface area contributed by atoms with E-state index in [2.05, 4.69) is 10.1 Å². The van der Waals surface area contributed by atoms with Gasteiger partial charge < -0.3 is 10.1 Å². The molecule has 15 heavy (non-hydrogen) atoms. The van der Waals surface area contributed by atoms with Crippen molar-refractivity contribution in [2.24, 2.45) is 11.8 Å². The third kappa shape index (κ3) is 6.74. The summed E-state index contributed by atoms with van der Waals surface area (Å²) in [6.45, 7) is 5.24. The van der Waals surface area contributed by atoms with Crippen LogP contribution in [-0.2, 0) is 9.53 Å². The van der Waals surface area contributed by atoms with Crippen LogP contribution in [0.4, 0.5) is 0 Å². The molecule has 1 heterocycles. The molecule has 1 saturated carbocycles. The van der Waals surface area contributed by atoms with Crippen LogP contribution in [0, 0.1) is 11.8 Å². The van der Waals surface area contributed by atoms with Crippen LogP contribution in [0.25, 0.3) is 0 Å². The lowest BCUT2D eigenvalue weighted by molar-refractivity contribution is -0.128. The summed E-state index contributed by atoms with van der Waals surface area (Å²) in [5.41, 5.74) is 0.